The van der Waals surface area contributed by atoms with Gasteiger partial charge >= 0.3 is 0 Å². The third-order valence-electron chi connectivity index (χ3n) is 4.26. The van der Waals surface area contributed by atoms with Gasteiger partial charge in [-0.25, -0.2) is 8.42 Å². The molecule has 0 amide bonds. The van der Waals surface area contributed by atoms with Gasteiger partial charge < -0.3 is 5.73 Å². The van der Waals surface area contributed by atoms with Crippen LogP contribution in [0.5, 0.6) is 0 Å². The zero-order valence-electron chi connectivity index (χ0n) is 12.8. The topological polar surface area (TPSA) is 63.4 Å². The summed E-state index contributed by atoms with van der Waals surface area (Å²) in [5, 5.41) is 0. The first-order valence-corrected chi connectivity index (χ1v) is 9.55. The number of halogens is 1. The van der Waals surface area contributed by atoms with Gasteiger partial charge in [-0.2, -0.15) is 4.31 Å². The lowest BCUT2D eigenvalue weighted by Crippen LogP contribution is -2.47. The van der Waals surface area contributed by atoms with Crippen LogP contribution in [0.15, 0.2) is 21.5 Å². The van der Waals surface area contributed by atoms with Crippen LogP contribution in [-0.2, 0) is 16.6 Å². The fourth-order valence-electron chi connectivity index (χ4n) is 3.08. The Hall–Kier alpha value is -0.430. The molecule has 1 aromatic rings. The molecule has 6 heteroatoms. The highest BCUT2D eigenvalue weighted by Crippen LogP contribution is 2.33. The quantitative estimate of drug-likeness (QED) is 0.883. The lowest BCUT2D eigenvalue weighted by molar-refractivity contribution is 0.204. The number of nitrogens with zero attached hydrogens (tertiary/aromatic N) is 1. The van der Waals surface area contributed by atoms with Crippen LogP contribution in [0.3, 0.4) is 0 Å². The maximum atomic E-state index is 13.1. The molecule has 0 radical (unpaired) electrons. The van der Waals surface area contributed by atoms with Crippen LogP contribution in [0, 0.1) is 6.92 Å². The van der Waals surface area contributed by atoms with Crippen LogP contribution in [0.2, 0.25) is 0 Å². The third kappa shape index (κ3) is 3.18. The fourth-order valence-corrected chi connectivity index (χ4v) is 5.90. The van der Waals surface area contributed by atoms with Crippen molar-refractivity contribution in [1.29, 1.82) is 0 Å². The van der Waals surface area contributed by atoms with Crippen molar-refractivity contribution in [1.82, 2.24) is 4.31 Å². The van der Waals surface area contributed by atoms with Gasteiger partial charge in [0.25, 0.3) is 0 Å². The summed E-state index contributed by atoms with van der Waals surface area (Å²) in [5.74, 6) is 0. The molecule has 1 fully saturated rings. The summed E-state index contributed by atoms with van der Waals surface area (Å²) in [5.41, 5.74) is 7.25. The maximum absolute atomic E-state index is 13.1. The second kappa shape index (κ2) is 6.36. The Bertz CT molecular complexity index is 621. The Kier molecular flexibility index (Phi) is 5.13. The van der Waals surface area contributed by atoms with Crippen LogP contribution in [0.25, 0.3) is 0 Å². The van der Waals surface area contributed by atoms with E-state index in [4.69, 9.17) is 5.73 Å². The Morgan fingerprint density at radius 1 is 1.29 bits per heavy atom. The molecule has 2 atom stereocenters. The van der Waals surface area contributed by atoms with Crippen molar-refractivity contribution in [3.63, 3.8) is 0 Å². The molecule has 0 saturated carbocycles. The van der Waals surface area contributed by atoms with Crippen LogP contribution < -0.4 is 5.73 Å². The van der Waals surface area contributed by atoms with Crippen LogP contribution in [0.4, 0.5) is 0 Å². The summed E-state index contributed by atoms with van der Waals surface area (Å²) >= 11 is 3.45. The van der Waals surface area contributed by atoms with Crippen molar-refractivity contribution in [2.45, 2.75) is 63.6 Å². The van der Waals surface area contributed by atoms with E-state index in [-0.39, 0.29) is 12.1 Å². The maximum Gasteiger partial charge on any atom is 0.243 e. The van der Waals surface area contributed by atoms with Crippen LogP contribution in [0.1, 0.15) is 44.2 Å². The molecule has 1 heterocycles. The van der Waals surface area contributed by atoms with Crippen molar-refractivity contribution in [2.24, 2.45) is 5.73 Å². The van der Waals surface area contributed by atoms with Gasteiger partial charge in [0.05, 0.1) is 4.90 Å². The van der Waals surface area contributed by atoms with E-state index >= 15 is 0 Å². The van der Waals surface area contributed by atoms with Crippen molar-refractivity contribution < 1.29 is 8.42 Å². The predicted molar refractivity (Wildman–Crippen MR) is 88.6 cm³/mol. The fraction of sp³-hybridized carbons (Fsp3) is 0.600. The van der Waals surface area contributed by atoms with Gasteiger partial charge in [0.1, 0.15) is 0 Å². The van der Waals surface area contributed by atoms with E-state index in [1.807, 2.05) is 26.8 Å². The predicted octanol–water partition coefficient (Wildman–Crippen LogP) is 3.17. The summed E-state index contributed by atoms with van der Waals surface area (Å²) < 4.78 is 28.7. The van der Waals surface area contributed by atoms with Gasteiger partial charge in [0.15, 0.2) is 0 Å². The molecule has 0 bridgehead atoms. The molecule has 0 aliphatic carbocycles. The minimum absolute atomic E-state index is 0.0402. The van der Waals surface area contributed by atoms with Crippen molar-refractivity contribution >= 4 is 26.0 Å². The minimum Gasteiger partial charge on any atom is -0.326 e. The smallest absolute Gasteiger partial charge is 0.243 e. The van der Waals surface area contributed by atoms with Gasteiger partial charge in [-0.1, -0.05) is 22.4 Å². The average Bonchev–Trinajstić information content (AvgIpc) is 2.41. The van der Waals surface area contributed by atoms with E-state index in [1.54, 1.807) is 10.4 Å². The average molecular weight is 375 g/mol. The van der Waals surface area contributed by atoms with Crippen LogP contribution in [-0.4, -0.2) is 24.8 Å². The zero-order valence-corrected chi connectivity index (χ0v) is 15.2. The molecular formula is C15H23BrN2O2S. The highest BCUT2D eigenvalue weighted by molar-refractivity contribution is 9.10. The molecule has 4 nitrogen and oxygen atoms in total. The second-order valence-corrected chi connectivity index (χ2v) is 8.53. The third-order valence-corrected chi connectivity index (χ3v) is 7.34. The first-order chi connectivity index (χ1) is 9.78. The van der Waals surface area contributed by atoms with Gasteiger partial charge in [-0.15, -0.1) is 0 Å². The Labute approximate surface area is 135 Å². The Morgan fingerprint density at radius 2 is 1.86 bits per heavy atom. The molecule has 1 aliphatic heterocycles. The molecule has 0 spiro atoms. The lowest BCUT2D eigenvalue weighted by atomic mass is 10.0. The normalized spacial score (nSPS) is 24.2. The second-order valence-electron chi connectivity index (χ2n) is 5.87. The van der Waals surface area contributed by atoms with Gasteiger partial charge in [0.2, 0.25) is 10.0 Å². The molecule has 2 N–H and O–H groups in total. The van der Waals surface area contributed by atoms with Crippen LogP contribution >= 0.6 is 15.9 Å². The molecule has 1 saturated heterocycles. The SMILES string of the molecule is Cc1c(Br)cc(CN)cc1S(=O)(=O)N1C(C)CCCC1C. The molecule has 118 valence electrons. The molecule has 1 aliphatic rings. The highest BCUT2D eigenvalue weighted by Gasteiger charge is 2.36. The van der Waals surface area contributed by atoms with E-state index in [1.165, 1.54) is 0 Å². The van der Waals surface area contributed by atoms with Gasteiger partial charge in [-0.3, -0.25) is 0 Å². The van der Waals surface area contributed by atoms with Crippen molar-refractivity contribution in [2.75, 3.05) is 0 Å². The molecular weight excluding hydrogens is 352 g/mol. The first kappa shape index (κ1) is 16.9. The van der Waals surface area contributed by atoms with E-state index in [2.05, 4.69) is 15.9 Å². The Morgan fingerprint density at radius 3 is 2.38 bits per heavy atom. The molecule has 21 heavy (non-hydrogen) atoms. The van der Waals surface area contributed by atoms with E-state index in [0.29, 0.717) is 11.4 Å². The highest BCUT2D eigenvalue weighted by atomic mass is 79.9. The lowest BCUT2D eigenvalue weighted by Gasteiger charge is -2.38. The first-order valence-electron chi connectivity index (χ1n) is 7.31. The number of benzene rings is 1. The van der Waals surface area contributed by atoms with E-state index in [9.17, 15) is 8.42 Å². The number of hydrogen-bond donors (Lipinski definition) is 1. The number of sulfonamides is 1. The minimum atomic E-state index is -3.50. The number of hydrogen-bond acceptors (Lipinski definition) is 3. The number of piperidine rings is 1. The van der Waals surface area contributed by atoms with Crippen molar-refractivity contribution in [3.05, 3.63) is 27.7 Å². The Balaban J connectivity index is 2.55. The summed E-state index contributed by atoms with van der Waals surface area (Å²) in [6.07, 6.45) is 2.92. The number of nitrogens with two attached hydrogens (primary N) is 1. The molecule has 2 rings (SSSR count). The van der Waals surface area contributed by atoms with Crippen molar-refractivity contribution in [3.8, 4) is 0 Å². The van der Waals surface area contributed by atoms with Gasteiger partial charge in [-0.05, 0) is 56.9 Å². The standard InChI is InChI=1S/C15H23BrN2O2S/c1-10-5-4-6-11(2)18(10)21(19,20)15-8-13(9-17)7-14(16)12(15)3/h7-8,10-11H,4-6,9,17H2,1-3H3. The summed E-state index contributed by atoms with van der Waals surface area (Å²) in [6, 6.07) is 3.68. The molecule has 2 unspecified atom stereocenters. The van der Waals surface area contributed by atoms with E-state index < -0.39 is 10.0 Å². The number of rotatable bonds is 3. The molecule has 1 aromatic carbocycles. The summed E-state index contributed by atoms with van der Waals surface area (Å²) in [4.78, 5) is 0.373. The summed E-state index contributed by atoms with van der Waals surface area (Å²) in [7, 11) is -3.50. The largest absolute Gasteiger partial charge is 0.326 e. The monoisotopic (exact) mass is 374 g/mol. The molecule has 0 aromatic heterocycles. The summed E-state index contributed by atoms with van der Waals surface area (Å²) in [6.45, 7) is 6.14. The zero-order chi connectivity index (χ0) is 15.8. The van der Waals surface area contributed by atoms with Gasteiger partial charge in [0, 0.05) is 23.1 Å². The van der Waals surface area contributed by atoms with E-state index in [0.717, 1.165) is 34.9 Å².